The van der Waals surface area contributed by atoms with Gasteiger partial charge in [-0.2, -0.15) is 0 Å². The summed E-state index contributed by atoms with van der Waals surface area (Å²) in [4.78, 5) is 17.8. The summed E-state index contributed by atoms with van der Waals surface area (Å²) in [6.45, 7) is 6.76. The van der Waals surface area contributed by atoms with Crippen molar-refractivity contribution >= 4 is 17.3 Å². The molecule has 3 rings (SSSR count). The Balaban J connectivity index is 1.53. The molecule has 0 bridgehead atoms. The maximum atomic E-state index is 11.0. The molecule has 1 aromatic rings. The van der Waals surface area contributed by atoms with Gasteiger partial charge in [0.1, 0.15) is 4.88 Å². The number of likely N-dealkylation sites (tertiary alicyclic amines) is 1. The molecule has 2 aliphatic heterocycles. The summed E-state index contributed by atoms with van der Waals surface area (Å²) in [7, 11) is 0. The van der Waals surface area contributed by atoms with E-state index in [0.717, 1.165) is 32.6 Å². The zero-order chi connectivity index (χ0) is 13.9. The number of nitrogens with zero attached hydrogens (tertiary/aromatic N) is 2. The molecule has 0 unspecified atom stereocenters. The van der Waals surface area contributed by atoms with Crippen molar-refractivity contribution in [2.75, 3.05) is 32.7 Å². The number of fused-ring (bicyclic) bond motifs is 1. The van der Waals surface area contributed by atoms with Crippen LogP contribution in [-0.4, -0.2) is 53.6 Å². The third-order valence-corrected chi connectivity index (χ3v) is 5.56. The number of thiophene rings is 1. The Morgan fingerprint density at radius 2 is 1.90 bits per heavy atom. The van der Waals surface area contributed by atoms with E-state index in [0.29, 0.717) is 4.88 Å². The highest BCUT2D eigenvalue weighted by molar-refractivity contribution is 7.14. The topological polar surface area (TPSA) is 43.8 Å². The Bertz CT molecular complexity index is 480. The maximum absolute atomic E-state index is 11.0. The normalized spacial score (nSPS) is 20.8. The van der Waals surface area contributed by atoms with Gasteiger partial charge in [0.15, 0.2) is 0 Å². The van der Waals surface area contributed by atoms with Crippen molar-refractivity contribution < 1.29 is 9.90 Å². The lowest BCUT2D eigenvalue weighted by Gasteiger charge is -2.31. The van der Waals surface area contributed by atoms with Crippen LogP contribution in [0.1, 0.15) is 39.4 Å². The van der Waals surface area contributed by atoms with Crippen molar-refractivity contribution in [1.82, 2.24) is 9.80 Å². The second kappa shape index (κ2) is 6.24. The fourth-order valence-electron chi connectivity index (χ4n) is 3.15. The van der Waals surface area contributed by atoms with Gasteiger partial charge >= 0.3 is 5.97 Å². The van der Waals surface area contributed by atoms with Crippen molar-refractivity contribution in [2.24, 2.45) is 0 Å². The molecule has 110 valence electrons. The minimum absolute atomic E-state index is 0.493. The fourth-order valence-corrected chi connectivity index (χ4v) is 4.16. The van der Waals surface area contributed by atoms with E-state index in [1.54, 1.807) is 0 Å². The average Bonchev–Trinajstić information content (AvgIpc) is 2.89. The first-order valence-corrected chi connectivity index (χ1v) is 8.33. The van der Waals surface area contributed by atoms with Gasteiger partial charge in [0.2, 0.25) is 0 Å². The third kappa shape index (κ3) is 3.22. The highest BCUT2D eigenvalue weighted by Gasteiger charge is 2.21. The minimum Gasteiger partial charge on any atom is -0.477 e. The molecule has 2 aliphatic rings. The van der Waals surface area contributed by atoms with Gasteiger partial charge in [-0.25, -0.2) is 4.79 Å². The predicted molar refractivity (Wildman–Crippen MR) is 80.6 cm³/mol. The molecule has 1 fully saturated rings. The summed E-state index contributed by atoms with van der Waals surface area (Å²) in [5.41, 5.74) is 1.23. The SMILES string of the molecule is O=C(O)c1cc2c(s1)CCN(CCN1CCCCC1)C2. The molecule has 4 nitrogen and oxygen atoms in total. The van der Waals surface area contributed by atoms with Gasteiger partial charge in [-0.05, 0) is 44.0 Å². The molecule has 0 amide bonds. The minimum atomic E-state index is -0.788. The average molecular weight is 294 g/mol. The number of piperidine rings is 1. The molecule has 0 aromatic carbocycles. The van der Waals surface area contributed by atoms with Crippen LogP contribution >= 0.6 is 11.3 Å². The van der Waals surface area contributed by atoms with Gasteiger partial charge in [0.25, 0.3) is 0 Å². The molecule has 0 spiro atoms. The third-order valence-electron chi connectivity index (χ3n) is 4.34. The van der Waals surface area contributed by atoms with E-state index in [1.807, 2.05) is 6.07 Å². The summed E-state index contributed by atoms with van der Waals surface area (Å²) in [5, 5.41) is 9.06. The number of hydrogen-bond acceptors (Lipinski definition) is 4. The first-order chi connectivity index (χ1) is 9.72. The van der Waals surface area contributed by atoms with E-state index in [2.05, 4.69) is 9.80 Å². The molecule has 0 saturated carbocycles. The van der Waals surface area contributed by atoms with E-state index < -0.39 is 5.97 Å². The molecule has 1 aromatic heterocycles. The molecule has 1 N–H and O–H groups in total. The van der Waals surface area contributed by atoms with E-state index >= 15 is 0 Å². The lowest BCUT2D eigenvalue weighted by atomic mass is 10.1. The first-order valence-electron chi connectivity index (χ1n) is 7.52. The second-order valence-corrected chi connectivity index (χ2v) is 6.93. The van der Waals surface area contributed by atoms with Crippen LogP contribution in [0.25, 0.3) is 0 Å². The van der Waals surface area contributed by atoms with Gasteiger partial charge in [-0.1, -0.05) is 6.42 Å². The molecule has 1 saturated heterocycles. The van der Waals surface area contributed by atoms with Crippen molar-refractivity contribution in [3.05, 3.63) is 21.4 Å². The number of carbonyl (C=O) groups is 1. The van der Waals surface area contributed by atoms with Gasteiger partial charge in [-0.3, -0.25) is 4.90 Å². The van der Waals surface area contributed by atoms with Crippen molar-refractivity contribution in [1.29, 1.82) is 0 Å². The van der Waals surface area contributed by atoms with Crippen LogP contribution in [0.2, 0.25) is 0 Å². The van der Waals surface area contributed by atoms with E-state index in [-0.39, 0.29) is 0 Å². The van der Waals surface area contributed by atoms with Gasteiger partial charge in [-0.15, -0.1) is 11.3 Å². The summed E-state index contributed by atoms with van der Waals surface area (Å²) in [5.74, 6) is -0.788. The van der Waals surface area contributed by atoms with Crippen molar-refractivity contribution in [3.63, 3.8) is 0 Å². The zero-order valence-electron chi connectivity index (χ0n) is 11.8. The highest BCUT2D eigenvalue weighted by Crippen LogP contribution is 2.28. The smallest absolute Gasteiger partial charge is 0.345 e. The van der Waals surface area contributed by atoms with Crippen molar-refractivity contribution in [3.8, 4) is 0 Å². The Kier molecular flexibility index (Phi) is 4.38. The largest absolute Gasteiger partial charge is 0.477 e. The van der Waals surface area contributed by atoms with E-state index in [9.17, 15) is 4.79 Å². The number of aromatic carboxylic acids is 1. The Hall–Kier alpha value is -0.910. The summed E-state index contributed by atoms with van der Waals surface area (Å²) < 4.78 is 0. The van der Waals surface area contributed by atoms with Crippen LogP contribution in [0.15, 0.2) is 6.07 Å². The molecule has 0 aliphatic carbocycles. The Morgan fingerprint density at radius 3 is 2.65 bits per heavy atom. The molecular formula is C15H22N2O2S. The van der Waals surface area contributed by atoms with Crippen LogP contribution in [0.5, 0.6) is 0 Å². The number of rotatable bonds is 4. The molecule has 3 heterocycles. The van der Waals surface area contributed by atoms with Crippen LogP contribution in [-0.2, 0) is 13.0 Å². The van der Waals surface area contributed by atoms with Gasteiger partial charge in [0, 0.05) is 31.1 Å². The number of hydrogen-bond donors (Lipinski definition) is 1. The van der Waals surface area contributed by atoms with Crippen molar-refractivity contribution in [2.45, 2.75) is 32.2 Å². The van der Waals surface area contributed by atoms with Crippen LogP contribution in [0.3, 0.4) is 0 Å². The molecule has 0 atom stereocenters. The standard InChI is InChI=1S/C15H22N2O2S/c18-15(19)14-10-12-11-17(7-4-13(12)20-14)9-8-16-5-2-1-3-6-16/h10H,1-9,11H2,(H,18,19). The van der Waals surface area contributed by atoms with E-state index in [4.69, 9.17) is 5.11 Å². The van der Waals surface area contributed by atoms with Crippen LogP contribution < -0.4 is 0 Å². The second-order valence-electron chi connectivity index (χ2n) is 5.79. The Labute approximate surface area is 124 Å². The Morgan fingerprint density at radius 1 is 1.15 bits per heavy atom. The summed E-state index contributed by atoms with van der Waals surface area (Å²) >= 11 is 1.45. The maximum Gasteiger partial charge on any atom is 0.345 e. The monoisotopic (exact) mass is 294 g/mol. The van der Waals surface area contributed by atoms with E-state index in [1.165, 1.54) is 54.1 Å². The predicted octanol–water partition coefficient (Wildman–Crippen LogP) is 2.29. The van der Waals surface area contributed by atoms with Gasteiger partial charge < -0.3 is 10.0 Å². The van der Waals surface area contributed by atoms with Crippen LogP contribution in [0, 0.1) is 0 Å². The van der Waals surface area contributed by atoms with Crippen LogP contribution in [0.4, 0.5) is 0 Å². The lowest BCUT2D eigenvalue weighted by molar-refractivity contribution is 0.0702. The summed E-state index contributed by atoms with van der Waals surface area (Å²) in [6, 6.07) is 1.87. The zero-order valence-corrected chi connectivity index (χ0v) is 12.6. The molecule has 20 heavy (non-hydrogen) atoms. The molecule has 0 radical (unpaired) electrons. The quantitative estimate of drug-likeness (QED) is 0.925. The fraction of sp³-hybridized carbons (Fsp3) is 0.667. The highest BCUT2D eigenvalue weighted by atomic mass is 32.1. The van der Waals surface area contributed by atoms with Gasteiger partial charge in [0.05, 0.1) is 0 Å². The molecular weight excluding hydrogens is 272 g/mol. The summed E-state index contributed by atoms with van der Waals surface area (Å²) in [6.07, 6.45) is 5.08. The number of carboxylic acids is 1. The lowest BCUT2D eigenvalue weighted by Crippen LogP contribution is -2.39. The number of carboxylic acid groups (broad SMARTS) is 1. The first kappa shape index (κ1) is 14.0. The molecule has 5 heteroatoms.